The van der Waals surface area contributed by atoms with E-state index in [4.69, 9.17) is 16.0 Å². The highest BCUT2D eigenvalue weighted by Gasteiger charge is 2.47. The molecule has 0 spiro atoms. The van der Waals surface area contributed by atoms with Crippen LogP contribution in [-0.2, 0) is 4.79 Å². The van der Waals surface area contributed by atoms with Gasteiger partial charge in [-0.2, -0.15) is 0 Å². The molecule has 1 saturated heterocycles. The quantitative estimate of drug-likeness (QED) is 0.867. The highest BCUT2D eigenvalue weighted by atomic mass is 35.5. The van der Waals surface area contributed by atoms with Crippen molar-refractivity contribution in [3.8, 4) is 0 Å². The zero-order valence-electron chi connectivity index (χ0n) is 12.7. The van der Waals surface area contributed by atoms with Crippen molar-refractivity contribution in [2.45, 2.75) is 12.3 Å². The topological polar surface area (TPSA) is 49.6 Å². The minimum absolute atomic E-state index is 0.0890. The summed E-state index contributed by atoms with van der Waals surface area (Å²) in [5.41, 5.74) is 0. The van der Waals surface area contributed by atoms with Crippen molar-refractivity contribution in [2.24, 2.45) is 5.92 Å². The molecule has 2 atom stereocenters. The number of hydrogen-bond acceptors (Lipinski definition) is 4. The number of nitrogens with zero attached hydrogens (tertiary/aromatic N) is 3. The van der Waals surface area contributed by atoms with E-state index in [0.717, 1.165) is 31.1 Å². The molecule has 6 heteroatoms. The Labute approximate surface area is 139 Å². The summed E-state index contributed by atoms with van der Waals surface area (Å²) < 4.78 is 5.41. The standard InChI is InChI=1S/C17H18ClN3O2/c18-14-3-1-5-19-16(14)20-6-8-21(9-7-20)17(22)13-11-12(13)15-4-2-10-23-15/h1-5,10,12-13H,6-9,11H2/t12-,13-/m1/s1. The van der Waals surface area contributed by atoms with Crippen molar-refractivity contribution in [1.29, 1.82) is 0 Å². The first kappa shape index (κ1) is 14.6. The summed E-state index contributed by atoms with van der Waals surface area (Å²) in [5, 5.41) is 0.660. The molecule has 1 saturated carbocycles. The lowest BCUT2D eigenvalue weighted by Gasteiger charge is -2.35. The van der Waals surface area contributed by atoms with E-state index in [1.807, 2.05) is 29.2 Å². The Kier molecular flexibility index (Phi) is 3.73. The fraction of sp³-hybridized carbons (Fsp3) is 0.412. The molecular formula is C17H18ClN3O2. The van der Waals surface area contributed by atoms with E-state index in [-0.39, 0.29) is 17.7 Å². The van der Waals surface area contributed by atoms with Crippen molar-refractivity contribution in [2.75, 3.05) is 31.1 Å². The van der Waals surface area contributed by atoms with E-state index in [2.05, 4.69) is 9.88 Å². The van der Waals surface area contributed by atoms with E-state index in [0.29, 0.717) is 18.1 Å². The lowest BCUT2D eigenvalue weighted by Crippen LogP contribution is -2.49. The number of pyridine rings is 1. The normalized spacial score (nSPS) is 23.9. The number of amides is 1. The summed E-state index contributed by atoms with van der Waals surface area (Å²) in [6.45, 7) is 2.96. The molecule has 2 fully saturated rings. The van der Waals surface area contributed by atoms with Crippen LogP contribution in [0.5, 0.6) is 0 Å². The minimum atomic E-state index is 0.0890. The maximum atomic E-state index is 12.6. The van der Waals surface area contributed by atoms with E-state index in [1.54, 1.807) is 12.5 Å². The van der Waals surface area contributed by atoms with Gasteiger partial charge >= 0.3 is 0 Å². The lowest BCUT2D eigenvalue weighted by atomic mass is 10.2. The predicted molar refractivity (Wildman–Crippen MR) is 87.6 cm³/mol. The van der Waals surface area contributed by atoms with Gasteiger partial charge in [-0.15, -0.1) is 0 Å². The summed E-state index contributed by atoms with van der Waals surface area (Å²) in [6, 6.07) is 7.51. The van der Waals surface area contributed by atoms with E-state index in [1.165, 1.54) is 0 Å². The van der Waals surface area contributed by atoms with Gasteiger partial charge in [-0.05, 0) is 30.7 Å². The Morgan fingerprint density at radius 2 is 2.04 bits per heavy atom. The molecule has 0 unspecified atom stereocenters. The first-order valence-corrected chi connectivity index (χ1v) is 8.29. The lowest BCUT2D eigenvalue weighted by molar-refractivity contribution is -0.133. The number of aromatic nitrogens is 1. The van der Waals surface area contributed by atoms with Gasteiger partial charge in [0.25, 0.3) is 0 Å². The van der Waals surface area contributed by atoms with Gasteiger partial charge in [0.15, 0.2) is 0 Å². The van der Waals surface area contributed by atoms with Crippen molar-refractivity contribution < 1.29 is 9.21 Å². The van der Waals surface area contributed by atoms with Gasteiger partial charge in [0, 0.05) is 44.2 Å². The molecule has 0 bridgehead atoms. The molecule has 0 radical (unpaired) electrons. The van der Waals surface area contributed by atoms with Gasteiger partial charge < -0.3 is 14.2 Å². The van der Waals surface area contributed by atoms with Crippen molar-refractivity contribution in [1.82, 2.24) is 9.88 Å². The molecule has 2 aliphatic rings. The number of piperazine rings is 1. The summed E-state index contributed by atoms with van der Waals surface area (Å²) in [4.78, 5) is 21.0. The maximum absolute atomic E-state index is 12.6. The molecule has 0 aromatic carbocycles. The Morgan fingerprint density at radius 1 is 1.22 bits per heavy atom. The van der Waals surface area contributed by atoms with Crippen LogP contribution < -0.4 is 4.90 Å². The molecule has 0 N–H and O–H groups in total. The van der Waals surface area contributed by atoms with Crippen LogP contribution in [0.2, 0.25) is 5.02 Å². The van der Waals surface area contributed by atoms with E-state index >= 15 is 0 Å². The second kappa shape index (κ2) is 5.89. The van der Waals surface area contributed by atoms with Gasteiger partial charge in [-0.1, -0.05) is 11.6 Å². The number of rotatable bonds is 3. The number of halogens is 1. The van der Waals surface area contributed by atoms with Crippen LogP contribution in [0.25, 0.3) is 0 Å². The number of carbonyl (C=O) groups is 1. The average Bonchev–Trinajstić information content (AvgIpc) is 3.20. The van der Waals surface area contributed by atoms with Crippen molar-refractivity contribution in [3.05, 3.63) is 47.5 Å². The third kappa shape index (κ3) is 2.81. The van der Waals surface area contributed by atoms with Crippen LogP contribution in [0.4, 0.5) is 5.82 Å². The van der Waals surface area contributed by atoms with Crippen molar-refractivity contribution in [3.63, 3.8) is 0 Å². The molecule has 23 heavy (non-hydrogen) atoms. The Balaban J connectivity index is 1.35. The van der Waals surface area contributed by atoms with Crippen LogP contribution in [0.15, 0.2) is 41.1 Å². The fourth-order valence-corrected chi connectivity index (χ4v) is 3.51. The highest BCUT2D eigenvalue weighted by Crippen LogP contribution is 2.48. The van der Waals surface area contributed by atoms with Gasteiger partial charge in [-0.3, -0.25) is 4.79 Å². The largest absolute Gasteiger partial charge is 0.469 e. The summed E-state index contributed by atoms with van der Waals surface area (Å²) in [6.07, 6.45) is 4.32. The van der Waals surface area contributed by atoms with E-state index in [9.17, 15) is 4.79 Å². The first-order chi connectivity index (χ1) is 11.2. The second-order valence-electron chi connectivity index (χ2n) is 6.09. The van der Waals surface area contributed by atoms with Crippen molar-refractivity contribution >= 4 is 23.3 Å². The van der Waals surface area contributed by atoms with Gasteiger partial charge in [0.2, 0.25) is 5.91 Å². The van der Waals surface area contributed by atoms with Gasteiger partial charge in [-0.25, -0.2) is 4.98 Å². The van der Waals surface area contributed by atoms with Crippen LogP contribution in [0.1, 0.15) is 18.1 Å². The monoisotopic (exact) mass is 331 g/mol. The SMILES string of the molecule is O=C([C@@H]1C[C@H]1c1ccco1)N1CCN(c2ncccc2Cl)CC1. The zero-order chi connectivity index (χ0) is 15.8. The number of carbonyl (C=O) groups excluding carboxylic acids is 1. The third-order valence-corrected chi connectivity index (χ3v) is 4.94. The molecule has 1 aliphatic carbocycles. The third-order valence-electron chi connectivity index (χ3n) is 4.65. The Bertz CT molecular complexity index is 696. The molecular weight excluding hydrogens is 314 g/mol. The molecule has 1 aliphatic heterocycles. The molecule has 3 heterocycles. The van der Waals surface area contributed by atoms with Crippen LogP contribution in [0.3, 0.4) is 0 Å². The molecule has 5 nitrogen and oxygen atoms in total. The molecule has 2 aromatic heterocycles. The highest BCUT2D eigenvalue weighted by molar-refractivity contribution is 6.32. The summed E-state index contributed by atoms with van der Waals surface area (Å²) >= 11 is 6.20. The second-order valence-corrected chi connectivity index (χ2v) is 6.49. The minimum Gasteiger partial charge on any atom is -0.469 e. The Morgan fingerprint density at radius 3 is 2.74 bits per heavy atom. The predicted octanol–water partition coefficient (Wildman–Crippen LogP) is 2.78. The number of hydrogen-bond donors (Lipinski definition) is 0. The maximum Gasteiger partial charge on any atom is 0.226 e. The fourth-order valence-electron chi connectivity index (χ4n) is 3.27. The zero-order valence-corrected chi connectivity index (χ0v) is 13.4. The average molecular weight is 332 g/mol. The number of anilines is 1. The smallest absolute Gasteiger partial charge is 0.226 e. The Hall–Kier alpha value is -2.01. The molecule has 4 rings (SSSR count). The van der Waals surface area contributed by atoms with Crippen LogP contribution in [-0.4, -0.2) is 42.0 Å². The van der Waals surface area contributed by atoms with E-state index < -0.39 is 0 Å². The molecule has 120 valence electrons. The summed E-state index contributed by atoms with van der Waals surface area (Å²) in [5.74, 6) is 2.34. The molecule has 1 amide bonds. The van der Waals surface area contributed by atoms with Gasteiger partial charge in [0.1, 0.15) is 11.6 Å². The molecule has 2 aromatic rings. The van der Waals surface area contributed by atoms with Gasteiger partial charge in [0.05, 0.1) is 11.3 Å². The van der Waals surface area contributed by atoms with Crippen LogP contribution in [0, 0.1) is 5.92 Å². The number of furan rings is 1. The first-order valence-electron chi connectivity index (χ1n) is 7.91. The van der Waals surface area contributed by atoms with Crippen LogP contribution >= 0.6 is 11.6 Å². The summed E-state index contributed by atoms with van der Waals surface area (Å²) in [7, 11) is 0.